The van der Waals surface area contributed by atoms with Gasteiger partial charge in [-0.2, -0.15) is 0 Å². The maximum atomic E-state index is 3.44. The first kappa shape index (κ1) is 7.64. The molecule has 0 spiro atoms. The van der Waals surface area contributed by atoms with E-state index in [1.54, 1.807) is 5.57 Å². The van der Waals surface area contributed by atoms with E-state index < -0.39 is 0 Å². The zero-order valence-electron chi connectivity index (χ0n) is 7.04. The van der Waals surface area contributed by atoms with Gasteiger partial charge in [-0.1, -0.05) is 20.3 Å². The normalized spacial score (nSPS) is 17.8. The van der Waals surface area contributed by atoms with E-state index in [0.29, 0.717) is 0 Å². The van der Waals surface area contributed by atoms with Gasteiger partial charge in [0.1, 0.15) is 0 Å². The first-order valence-electron chi connectivity index (χ1n) is 4.33. The molecule has 0 amide bonds. The molecule has 0 unspecified atom stereocenters. The minimum Gasteiger partial charge on any atom is -0.388 e. The topological polar surface area (TPSA) is 12.0 Å². The molecular weight excluding hydrogens is 122 g/mol. The molecule has 1 aliphatic heterocycles. The van der Waals surface area contributed by atoms with Crippen molar-refractivity contribution in [1.29, 1.82) is 0 Å². The smallest absolute Gasteiger partial charge is 0.0181 e. The van der Waals surface area contributed by atoms with Crippen LogP contribution in [0.25, 0.3) is 0 Å². The van der Waals surface area contributed by atoms with Crippen molar-refractivity contribution in [2.75, 3.05) is 6.54 Å². The molecule has 1 nitrogen and oxygen atoms in total. The van der Waals surface area contributed by atoms with Crippen LogP contribution in [0.15, 0.2) is 11.3 Å². The van der Waals surface area contributed by atoms with Gasteiger partial charge < -0.3 is 5.32 Å². The molecule has 0 saturated heterocycles. The lowest BCUT2D eigenvalue weighted by Gasteiger charge is -2.02. The van der Waals surface area contributed by atoms with Crippen LogP contribution in [-0.4, -0.2) is 6.54 Å². The van der Waals surface area contributed by atoms with Crippen molar-refractivity contribution in [2.24, 2.45) is 0 Å². The fourth-order valence-corrected chi connectivity index (χ4v) is 1.55. The van der Waals surface area contributed by atoms with E-state index in [4.69, 9.17) is 0 Å². The van der Waals surface area contributed by atoms with Crippen LogP contribution in [0.3, 0.4) is 0 Å². The third-order valence-corrected chi connectivity index (χ3v) is 2.12. The van der Waals surface area contributed by atoms with Gasteiger partial charge in [0.15, 0.2) is 0 Å². The summed E-state index contributed by atoms with van der Waals surface area (Å²) in [5.41, 5.74) is 3.19. The average Bonchev–Trinajstić information content (AvgIpc) is 2.36. The summed E-state index contributed by atoms with van der Waals surface area (Å²) < 4.78 is 0. The zero-order chi connectivity index (χ0) is 7.40. The molecule has 0 aliphatic carbocycles. The second kappa shape index (κ2) is 3.65. The Morgan fingerprint density at radius 1 is 1.40 bits per heavy atom. The summed E-state index contributed by atoms with van der Waals surface area (Å²) in [6.07, 6.45) is 5.04. The molecule has 0 aromatic rings. The number of hydrogen-bond donors (Lipinski definition) is 1. The van der Waals surface area contributed by atoms with Gasteiger partial charge in [-0.15, -0.1) is 0 Å². The summed E-state index contributed by atoms with van der Waals surface area (Å²) in [5, 5.41) is 3.44. The van der Waals surface area contributed by atoms with E-state index in [1.165, 1.54) is 37.9 Å². The van der Waals surface area contributed by atoms with Gasteiger partial charge in [-0.3, -0.25) is 0 Å². The molecule has 1 heterocycles. The second-order valence-electron chi connectivity index (χ2n) is 2.86. The molecule has 0 fully saturated rings. The molecule has 1 aliphatic rings. The lowest BCUT2D eigenvalue weighted by atomic mass is 10.1. The van der Waals surface area contributed by atoms with Crippen LogP contribution in [-0.2, 0) is 0 Å². The minimum atomic E-state index is 1.18. The first-order chi connectivity index (χ1) is 4.88. The molecule has 0 saturated carbocycles. The summed E-state index contributed by atoms with van der Waals surface area (Å²) in [6, 6.07) is 0. The first-order valence-corrected chi connectivity index (χ1v) is 4.33. The predicted octanol–water partition coefficient (Wildman–Crippen LogP) is 2.44. The van der Waals surface area contributed by atoms with Crippen LogP contribution in [0.5, 0.6) is 0 Å². The second-order valence-corrected chi connectivity index (χ2v) is 2.86. The van der Waals surface area contributed by atoms with Gasteiger partial charge in [0, 0.05) is 12.2 Å². The highest BCUT2D eigenvalue weighted by Crippen LogP contribution is 2.19. The SMILES string of the molecule is CCCC1=C(CC)CCN1. The Labute approximate surface area is 63.5 Å². The highest BCUT2D eigenvalue weighted by atomic mass is 14.9. The molecule has 1 N–H and O–H groups in total. The molecule has 0 aromatic heterocycles. The molecule has 0 aromatic carbocycles. The predicted molar refractivity (Wildman–Crippen MR) is 44.8 cm³/mol. The van der Waals surface area contributed by atoms with Crippen molar-refractivity contribution in [3.8, 4) is 0 Å². The molecule has 1 heteroatoms. The van der Waals surface area contributed by atoms with Gasteiger partial charge in [-0.05, 0) is 24.8 Å². The number of rotatable bonds is 3. The van der Waals surface area contributed by atoms with Crippen LogP contribution in [0.4, 0.5) is 0 Å². The molecule has 0 radical (unpaired) electrons. The molecule has 0 atom stereocenters. The number of hydrogen-bond acceptors (Lipinski definition) is 1. The van der Waals surface area contributed by atoms with Crippen LogP contribution < -0.4 is 5.32 Å². The monoisotopic (exact) mass is 139 g/mol. The molecule has 1 rings (SSSR count). The van der Waals surface area contributed by atoms with Crippen LogP contribution >= 0.6 is 0 Å². The third-order valence-electron chi connectivity index (χ3n) is 2.12. The van der Waals surface area contributed by atoms with Crippen LogP contribution in [0, 0.1) is 0 Å². The van der Waals surface area contributed by atoms with Crippen molar-refractivity contribution in [3.05, 3.63) is 11.3 Å². The van der Waals surface area contributed by atoms with Crippen LogP contribution in [0.1, 0.15) is 39.5 Å². The third kappa shape index (κ3) is 1.53. The molecule has 58 valence electrons. The van der Waals surface area contributed by atoms with Gasteiger partial charge in [-0.25, -0.2) is 0 Å². The van der Waals surface area contributed by atoms with Crippen molar-refractivity contribution >= 4 is 0 Å². The maximum absolute atomic E-state index is 3.44. The van der Waals surface area contributed by atoms with Crippen LogP contribution in [0.2, 0.25) is 0 Å². The Hall–Kier alpha value is -0.460. The fourth-order valence-electron chi connectivity index (χ4n) is 1.55. The standard InChI is InChI=1S/C9H17N/c1-3-5-9-8(4-2)6-7-10-9/h10H,3-7H2,1-2H3. The van der Waals surface area contributed by atoms with E-state index in [-0.39, 0.29) is 0 Å². The van der Waals surface area contributed by atoms with Crippen molar-refractivity contribution in [3.63, 3.8) is 0 Å². The summed E-state index contributed by atoms with van der Waals surface area (Å²) in [7, 11) is 0. The van der Waals surface area contributed by atoms with Crippen molar-refractivity contribution in [2.45, 2.75) is 39.5 Å². The average molecular weight is 139 g/mol. The largest absolute Gasteiger partial charge is 0.388 e. The van der Waals surface area contributed by atoms with E-state index in [0.717, 1.165) is 0 Å². The van der Waals surface area contributed by atoms with E-state index in [2.05, 4.69) is 19.2 Å². The summed E-state index contributed by atoms with van der Waals surface area (Å²) in [6.45, 7) is 5.66. The van der Waals surface area contributed by atoms with Gasteiger partial charge in [0.25, 0.3) is 0 Å². The summed E-state index contributed by atoms with van der Waals surface area (Å²) >= 11 is 0. The van der Waals surface area contributed by atoms with Gasteiger partial charge >= 0.3 is 0 Å². The highest BCUT2D eigenvalue weighted by Gasteiger charge is 2.09. The van der Waals surface area contributed by atoms with E-state index in [9.17, 15) is 0 Å². The minimum absolute atomic E-state index is 1.18. The van der Waals surface area contributed by atoms with E-state index >= 15 is 0 Å². The number of nitrogens with one attached hydrogen (secondary N) is 1. The fraction of sp³-hybridized carbons (Fsp3) is 0.778. The quantitative estimate of drug-likeness (QED) is 0.633. The molecule has 10 heavy (non-hydrogen) atoms. The summed E-state index contributed by atoms with van der Waals surface area (Å²) in [4.78, 5) is 0. The zero-order valence-corrected chi connectivity index (χ0v) is 7.04. The highest BCUT2D eigenvalue weighted by molar-refractivity contribution is 5.17. The van der Waals surface area contributed by atoms with Crippen molar-refractivity contribution < 1.29 is 0 Å². The Bertz CT molecular complexity index is 136. The van der Waals surface area contributed by atoms with E-state index in [1.807, 2.05) is 0 Å². The Morgan fingerprint density at radius 2 is 2.20 bits per heavy atom. The lowest BCUT2D eigenvalue weighted by molar-refractivity contribution is 0.789. The van der Waals surface area contributed by atoms with Gasteiger partial charge in [0.2, 0.25) is 0 Å². The summed E-state index contributed by atoms with van der Waals surface area (Å²) in [5.74, 6) is 0. The Morgan fingerprint density at radius 3 is 2.80 bits per heavy atom. The Kier molecular flexibility index (Phi) is 2.79. The molecular formula is C9H17N. The van der Waals surface area contributed by atoms with Crippen molar-refractivity contribution in [1.82, 2.24) is 5.32 Å². The Balaban J connectivity index is 2.50. The lowest BCUT2D eigenvalue weighted by Crippen LogP contribution is -2.06. The number of allylic oxidation sites excluding steroid dienone is 1. The molecule has 0 bridgehead atoms. The maximum Gasteiger partial charge on any atom is 0.0181 e. The van der Waals surface area contributed by atoms with Gasteiger partial charge in [0.05, 0.1) is 0 Å².